The second kappa shape index (κ2) is 10.3. The average molecular weight is 345 g/mol. The Morgan fingerprint density at radius 3 is 2.72 bits per heavy atom. The number of hydrogen-bond acceptors (Lipinski definition) is 5. The van der Waals surface area contributed by atoms with E-state index in [0.29, 0.717) is 32.0 Å². The summed E-state index contributed by atoms with van der Waals surface area (Å²) in [6.45, 7) is 8.71. The van der Waals surface area contributed by atoms with Crippen molar-refractivity contribution in [1.29, 1.82) is 0 Å². The Morgan fingerprint density at radius 2 is 2.04 bits per heavy atom. The number of hydrogen-bond donors (Lipinski definition) is 2. The summed E-state index contributed by atoms with van der Waals surface area (Å²) in [6, 6.07) is 9.76. The topological polar surface area (TPSA) is 84.6 Å². The van der Waals surface area contributed by atoms with Crippen LogP contribution >= 0.6 is 0 Å². The molecule has 0 fully saturated rings. The monoisotopic (exact) mass is 345 g/mol. The molecule has 0 spiro atoms. The van der Waals surface area contributed by atoms with Gasteiger partial charge in [0.2, 0.25) is 5.89 Å². The van der Waals surface area contributed by atoms with Gasteiger partial charge in [-0.25, -0.2) is 0 Å². The molecule has 0 aliphatic heterocycles. The smallest absolute Gasteiger partial charge is 0.228 e. The highest BCUT2D eigenvalue weighted by Gasteiger charge is 2.09. The van der Waals surface area contributed by atoms with Crippen LogP contribution in [0.15, 0.2) is 39.8 Å². The largest absolute Gasteiger partial charge is 0.492 e. The summed E-state index contributed by atoms with van der Waals surface area (Å²) < 4.78 is 10.9. The van der Waals surface area contributed by atoms with Gasteiger partial charge in [0.05, 0.1) is 13.1 Å². The molecule has 7 nitrogen and oxygen atoms in total. The SMILES string of the molecule is CCNC(=NCCc1nc(C(C)C)no1)NCCOc1ccccc1. The zero-order valence-electron chi connectivity index (χ0n) is 15.2. The summed E-state index contributed by atoms with van der Waals surface area (Å²) >= 11 is 0. The highest BCUT2D eigenvalue weighted by Crippen LogP contribution is 2.09. The summed E-state index contributed by atoms with van der Waals surface area (Å²) in [4.78, 5) is 8.87. The van der Waals surface area contributed by atoms with E-state index in [1.165, 1.54) is 0 Å². The lowest BCUT2D eigenvalue weighted by atomic mass is 10.2. The van der Waals surface area contributed by atoms with Crippen LogP contribution in [0.25, 0.3) is 0 Å². The number of rotatable bonds is 9. The van der Waals surface area contributed by atoms with Crippen molar-refractivity contribution < 1.29 is 9.26 Å². The maximum absolute atomic E-state index is 5.65. The van der Waals surface area contributed by atoms with Gasteiger partial charge in [-0.2, -0.15) is 4.98 Å². The fraction of sp³-hybridized carbons (Fsp3) is 0.500. The Morgan fingerprint density at radius 1 is 1.24 bits per heavy atom. The number of guanidine groups is 1. The van der Waals surface area contributed by atoms with Gasteiger partial charge in [-0.15, -0.1) is 0 Å². The third-order valence-corrected chi connectivity index (χ3v) is 3.35. The van der Waals surface area contributed by atoms with E-state index >= 15 is 0 Å². The quantitative estimate of drug-likeness (QED) is 0.412. The number of nitrogens with one attached hydrogen (secondary N) is 2. The van der Waals surface area contributed by atoms with Gasteiger partial charge in [0.1, 0.15) is 12.4 Å². The molecule has 0 aliphatic rings. The Hall–Kier alpha value is -2.57. The Kier molecular flexibility index (Phi) is 7.75. The molecule has 0 saturated heterocycles. The normalized spacial score (nSPS) is 11.6. The summed E-state index contributed by atoms with van der Waals surface area (Å²) in [5.74, 6) is 3.24. The van der Waals surface area contributed by atoms with Gasteiger partial charge in [-0.05, 0) is 19.1 Å². The molecule has 0 atom stereocenters. The lowest BCUT2D eigenvalue weighted by Gasteiger charge is -2.11. The van der Waals surface area contributed by atoms with Crippen LogP contribution in [0, 0.1) is 0 Å². The van der Waals surface area contributed by atoms with Crippen LogP contribution in [-0.2, 0) is 6.42 Å². The van der Waals surface area contributed by atoms with E-state index in [9.17, 15) is 0 Å². The van der Waals surface area contributed by atoms with E-state index in [0.717, 1.165) is 24.1 Å². The molecule has 136 valence electrons. The maximum atomic E-state index is 5.65. The summed E-state index contributed by atoms with van der Waals surface area (Å²) in [5.41, 5.74) is 0. The number of para-hydroxylation sites is 1. The van der Waals surface area contributed by atoms with Gasteiger partial charge in [0, 0.05) is 18.9 Å². The second-order valence-corrected chi connectivity index (χ2v) is 5.80. The van der Waals surface area contributed by atoms with Crippen LogP contribution < -0.4 is 15.4 Å². The highest BCUT2D eigenvalue weighted by atomic mass is 16.5. The van der Waals surface area contributed by atoms with E-state index in [1.54, 1.807) is 0 Å². The molecule has 25 heavy (non-hydrogen) atoms. The molecule has 2 N–H and O–H groups in total. The fourth-order valence-electron chi connectivity index (χ4n) is 2.06. The Labute approximate surface area is 148 Å². The van der Waals surface area contributed by atoms with E-state index in [2.05, 4.69) is 25.8 Å². The van der Waals surface area contributed by atoms with E-state index < -0.39 is 0 Å². The third kappa shape index (κ3) is 6.82. The predicted octanol–water partition coefficient (Wildman–Crippen LogP) is 2.37. The first-order valence-corrected chi connectivity index (χ1v) is 8.71. The van der Waals surface area contributed by atoms with Crippen molar-refractivity contribution in [3.05, 3.63) is 42.0 Å². The van der Waals surface area contributed by atoms with Gasteiger partial charge in [-0.3, -0.25) is 4.99 Å². The summed E-state index contributed by atoms with van der Waals surface area (Å²) in [5, 5.41) is 10.4. The molecule has 7 heteroatoms. The molecular formula is C18H27N5O2. The van der Waals surface area contributed by atoms with Crippen LogP contribution in [0.4, 0.5) is 0 Å². The van der Waals surface area contributed by atoms with Crippen molar-refractivity contribution in [2.45, 2.75) is 33.1 Å². The molecule has 0 saturated carbocycles. The fourth-order valence-corrected chi connectivity index (χ4v) is 2.06. The van der Waals surface area contributed by atoms with Gasteiger partial charge < -0.3 is 19.9 Å². The molecular weight excluding hydrogens is 318 g/mol. The Balaban J connectivity index is 1.73. The Bertz CT molecular complexity index is 640. The number of aromatic nitrogens is 2. The van der Waals surface area contributed by atoms with Crippen molar-refractivity contribution in [3.63, 3.8) is 0 Å². The third-order valence-electron chi connectivity index (χ3n) is 3.35. The number of ether oxygens (including phenoxy) is 1. The molecule has 1 aromatic heterocycles. The van der Waals surface area contributed by atoms with Gasteiger partial charge in [-0.1, -0.05) is 37.2 Å². The van der Waals surface area contributed by atoms with Crippen molar-refractivity contribution in [2.75, 3.05) is 26.2 Å². The maximum Gasteiger partial charge on any atom is 0.228 e. The highest BCUT2D eigenvalue weighted by molar-refractivity contribution is 5.79. The first-order valence-electron chi connectivity index (χ1n) is 8.71. The van der Waals surface area contributed by atoms with Gasteiger partial charge in [0.15, 0.2) is 11.8 Å². The summed E-state index contributed by atoms with van der Waals surface area (Å²) in [6.07, 6.45) is 0.622. The zero-order chi connectivity index (χ0) is 17.9. The van der Waals surface area contributed by atoms with Crippen molar-refractivity contribution in [3.8, 4) is 5.75 Å². The number of nitrogens with zero attached hydrogens (tertiary/aromatic N) is 3. The van der Waals surface area contributed by atoms with Gasteiger partial charge >= 0.3 is 0 Å². The average Bonchev–Trinajstić information content (AvgIpc) is 3.09. The number of aliphatic imine (C=N–C) groups is 1. The minimum atomic E-state index is 0.268. The summed E-state index contributed by atoms with van der Waals surface area (Å²) in [7, 11) is 0. The van der Waals surface area contributed by atoms with Crippen molar-refractivity contribution in [2.24, 2.45) is 4.99 Å². The van der Waals surface area contributed by atoms with Crippen LogP contribution in [0.3, 0.4) is 0 Å². The molecule has 1 aromatic carbocycles. The van der Waals surface area contributed by atoms with Crippen molar-refractivity contribution in [1.82, 2.24) is 20.8 Å². The van der Waals surface area contributed by atoms with Gasteiger partial charge in [0.25, 0.3) is 0 Å². The molecule has 0 aliphatic carbocycles. The molecule has 2 rings (SSSR count). The lowest BCUT2D eigenvalue weighted by molar-refractivity contribution is 0.322. The van der Waals surface area contributed by atoms with Crippen LogP contribution in [0.5, 0.6) is 5.75 Å². The minimum absolute atomic E-state index is 0.268. The molecule has 0 unspecified atom stereocenters. The predicted molar refractivity (Wildman–Crippen MR) is 98.0 cm³/mol. The first kappa shape index (κ1) is 18.8. The molecule has 0 amide bonds. The standard InChI is InChI=1S/C18H27N5O2/c1-4-19-18(21-12-13-24-15-8-6-5-7-9-15)20-11-10-16-22-17(14(2)3)23-25-16/h5-9,14H,4,10-13H2,1-3H3,(H2,19,20,21). The molecule has 1 heterocycles. The van der Waals surface area contributed by atoms with E-state index in [-0.39, 0.29) is 5.92 Å². The zero-order valence-corrected chi connectivity index (χ0v) is 15.2. The van der Waals surface area contributed by atoms with Crippen LogP contribution in [-0.4, -0.2) is 42.3 Å². The first-order chi connectivity index (χ1) is 12.2. The molecule has 2 aromatic rings. The number of benzene rings is 1. The van der Waals surface area contributed by atoms with E-state index in [4.69, 9.17) is 9.26 Å². The minimum Gasteiger partial charge on any atom is -0.492 e. The molecule has 0 radical (unpaired) electrons. The van der Waals surface area contributed by atoms with Crippen LogP contribution in [0.1, 0.15) is 38.4 Å². The van der Waals surface area contributed by atoms with Crippen LogP contribution in [0.2, 0.25) is 0 Å². The molecule has 0 bridgehead atoms. The van der Waals surface area contributed by atoms with E-state index in [1.807, 2.05) is 51.1 Å². The second-order valence-electron chi connectivity index (χ2n) is 5.80. The van der Waals surface area contributed by atoms with Crippen molar-refractivity contribution >= 4 is 5.96 Å². The lowest BCUT2D eigenvalue weighted by Crippen LogP contribution is -2.39.